The number of hydrogen-bond donors (Lipinski definition) is 1. The van der Waals surface area contributed by atoms with E-state index in [-0.39, 0.29) is 0 Å². The van der Waals surface area contributed by atoms with Crippen molar-refractivity contribution in [1.82, 2.24) is 0 Å². The summed E-state index contributed by atoms with van der Waals surface area (Å²) in [5.41, 5.74) is 11.5. The van der Waals surface area contributed by atoms with Crippen LogP contribution >= 0.6 is 0 Å². The molecular formula is C20H25NO. The Hall–Kier alpha value is -1.80. The Labute approximate surface area is 133 Å². The molecule has 22 heavy (non-hydrogen) atoms. The summed E-state index contributed by atoms with van der Waals surface area (Å²) < 4.78 is 5.95. The van der Waals surface area contributed by atoms with Gasteiger partial charge in [-0.1, -0.05) is 35.9 Å². The van der Waals surface area contributed by atoms with Crippen LogP contribution in [0, 0.1) is 6.92 Å². The summed E-state index contributed by atoms with van der Waals surface area (Å²) in [7, 11) is 0. The van der Waals surface area contributed by atoms with E-state index in [4.69, 9.17) is 10.5 Å². The summed E-state index contributed by atoms with van der Waals surface area (Å²) in [4.78, 5) is 0. The normalized spacial score (nSPS) is 14.6. The number of rotatable bonds is 6. The van der Waals surface area contributed by atoms with Crippen LogP contribution in [0.5, 0.6) is 5.75 Å². The van der Waals surface area contributed by atoms with Gasteiger partial charge in [0, 0.05) is 0 Å². The summed E-state index contributed by atoms with van der Waals surface area (Å²) >= 11 is 0. The molecule has 1 atom stereocenters. The smallest absolute Gasteiger partial charge is 0.119 e. The molecule has 0 amide bonds. The zero-order chi connectivity index (χ0) is 15.4. The van der Waals surface area contributed by atoms with Crippen LogP contribution in [0.25, 0.3) is 0 Å². The third-order valence-electron chi connectivity index (χ3n) is 4.64. The molecule has 1 aliphatic carbocycles. The Bertz CT molecular complexity index is 618. The van der Waals surface area contributed by atoms with E-state index in [0.29, 0.717) is 19.1 Å². The van der Waals surface area contributed by atoms with Crippen LogP contribution in [0.1, 0.15) is 41.0 Å². The highest BCUT2D eigenvalue weighted by Gasteiger charge is 2.12. The predicted octanol–water partition coefficient (Wildman–Crippen LogP) is 4.00. The Morgan fingerprint density at radius 2 is 1.82 bits per heavy atom. The fourth-order valence-electron chi connectivity index (χ4n) is 3.22. The monoisotopic (exact) mass is 295 g/mol. The number of ether oxygens (including phenoxy) is 1. The standard InChI is InChI=1S/C20H25NO/c1-15-5-7-17(8-6-15)19(14-21)11-12-22-20-10-9-16-3-2-4-18(16)13-20/h5-10,13,19H,2-4,11-12,14,21H2,1H3. The first-order valence-electron chi connectivity index (χ1n) is 8.27. The van der Waals surface area contributed by atoms with Gasteiger partial charge in [0.25, 0.3) is 0 Å². The number of fused-ring (bicyclic) bond motifs is 1. The van der Waals surface area contributed by atoms with Crippen LogP contribution in [-0.2, 0) is 12.8 Å². The zero-order valence-corrected chi connectivity index (χ0v) is 13.3. The minimum atomic E-state index is 0.370. The summed E-state index contributed by atoms with van der Waals surface area (Å²) in [5.74, 6) is 1.37. The van der Waals surface area contributed by atoms with Crippen LogP contribution in [0.4, 0.5) is 0 Å². The lowest BCUT2D eigenvalue weighted by Gasteiger charge is -2.16. The second-order valence-corrected chi connectivity index (χ2v) is 6.26. The quantitative estimate of drug-likeness (QED) is 0.874. The Kier molecular flexibility index (Phi) is 4.79. The van der Waals surface area contributed by atoms with Crippen molar-refractivity contribution in [2.24, 2.45) is 5.73 Å². The fourth-order valence-corrected chi connectivity index (χ4v) is 3.22. The molecule has 2 aromatic rings. The molecule has 0 radical (unpaired) electrons. The van der Waals surface area contributed by atoms with E-state index >= 15 is 0 Å². The summed E-state index contributed by atoms with van der Waals surface area (Å²) in [6.45, 7) is 3.49. The van der Waals surface area contributed by atoms with Gasteiger partial charge in [0.2, 0.25) is 0 Å². The van der Waals surface area contributed by atoms with Gasteiger partial charge >= 0.3 is 0 Å². The minimum Gasteiger partial charge on any atom is -0.494 e. The fraction of sp³-hybridized carbons (Fsp3) is 0.400. The molecule has 0 saturated heterocycles. The number of nitrogens with two attached hydrogens (primary N) is 1. The van der Waals surface area contributed by atoms with E-state index in [1.807, 2.05) is 0 Å². The second kappa shape index (κ2) is 6.97. The third kappa shape index (κ3) is 3.50. The van der Waals surface area contributed by atoms with Gasteiger partial charge in [-0.25, -0.2) is 0 Å². The van der Waals surface area contributed by atoms with E-state index in [1.165, 1.54) is 41.5 Å². The van der Waals surface area contributed by atoms with E-state index in [0.717, 1.165) is 12.2 Å². The van der Waals surface area contributed by atoms with Gasteiger partial charge in [0.1, 0.15) is 5.75 Å². The van der Waals surface area contributed by atoms with Crippen molar-refractivity contribution >= 4 is 0 Å². The molecule has 0 saturated carbocycles. The van der Waals surface area contributed by atoms with Gasteiger partial charge in [0.05, 0.1) is 6.61 Å². The summed E-state index contributed by atoms with van der Waals surface area (Å²) in [6, 6.07) is 15.2. The largest absolute Gasteiger partial charge is 0.494 e. The molecule has 0 aliphatic heterocycles. The molecule has 116 valence electrons. The Morgan fingerprint density at radius 1 is 1.05 bits per heavy atom. The highest BCUT2D eigenvalue weighted by atomic mass is 16.5. The van der Waals surface area contributed by atoms with Crippen molar-refractivity contribution < 1.29 is 4.74 Å². The predicted molar refractivity (Wildman–Crippen MR) is 91.6 cm³/mol. The van der Waals surface area contributed by atoms with Gasteiger partial charge in [-0.05, 0) is 73.9 Å². The molecule has 2 aromatic carbocycles. The van der Waals surface area contributed by atoms with Crippen molar-refractivity contribution in [3.8, 4) is 5.75 Å². The second-order valence-electron chi connectivity index (χ2n) is 6.26. The molecule has 2 N–H and O–H groups in total. The van der Waals surface area contributed by atoms with E-state index in [1.54, 1.807) is 0 Å². The van der Waals surface area contributed by atoms with Crippen molar-refractivity contribution in [1.29, 1.82) is 0 Å². The summed E-state index contributed by atoms with van der Waals surface area (Å²) in [5, 5.41) is 0. The van der Waals surface area contributed by atoms with Gasteiger partial charge in [-0.15, -0.1) is 0 Å². The van der Waals surface area contributed by atoms with Crippen LogP contribution in [0.3, 0.4) is 0 Å². The highest BCUT2D eigenvalue weighted by molar-refractivity contribution is 5.38. The maximum absolute atomic E-state index is 5.95. The maximum Gasteiger partial charge on any atom is 0.119 e. The average molecular weight is 295 g/mol. The molecule has 1 unspecified atom stereocenters. The maximum atomic E-state index is 5.95. The molecule has 2 heteroatoms. The lowest BCUT2D eigenvalue weighted by Crippen LogP contribution is -2.15. The van der Waals surface area contributed by atoms with Crippen LogP contribution in [0.15, 0.2) is 42.5 Å². The molecule has 0 bridgehead atoms. The van der Waals surface area contributed by atoms with Crippen LogP contribution in [0.2, 0.25) is 0 Å². The zero-order valence-electron chi connectivity index (χ0n) is 13.3. The molecule has 0 aromatic heterocycles. The van der Waals surface area contributed by atoms with Gasteiger partial charge < -0.3 is 10.5 Å². The molecule has 0 spiro atoms. The van der Waals surface area contributed by atoms with Crippen molar-refractivity contribution in [2.75, 3.05) is 13.2 Å². The number of benzene rings is 2. The van der Waals surface area contributed by atoms with E-state index in [9.17, 15) is 0 Å². The van der Waals surface area contributed by atoms with Crippen molar-refractivity contribution in [3.63, 3.8) is 0 Å². The first kappa shape index (κ1) is 15.1. The lowest BCUT2D eigenvalue weighted by molar-refractivity contribution is 0.298. The topological polar surface area (TPSA) is 35.2 Å². The number of hydrogen-bond acceptors (Lipinski definition) is 2. The average Bonchev–Trinajstić information content (AvgIpc) is 3.00. The molecule has 1 aliphatic rings. The van der Waals surface area contributed by atoms with E-state index in [2.05, 4.69) is 49.4 Å². The lowest BCUT2D eigenvalue weighted by atomic mass is 9.95. The Morgan fingerprint density at radius 3 is 2.59 bits per heavy atom. The highest BCUT2D eigenvalue weighted by Crippen LogP contribution is 2.26. The number of aryl methyl sites for hydroxylation is 3. The first-order chi connectivity index (χ1) is 10.8. The first-order valence-corrected chi connectivity index (χ1v) is 8.27. The third-order valence-corrected chi connectivity index (χ3v) is 4.64. The van der Waals surface area contributed by atoms with Crippen LogP contribution < -0.4 is 10.5 Å². The molecule has 2 nitrogen and oxygen atoms in total. The molecule has 0 heterocycles. The van der Waals surface area contributed by atoms with Gasteiger partial charge in [-0.3, -0.25) is 0 Å². The molecular weight excluding hydrogens is 270 g/mol. The van der Waals surface area contributed by atoms with E-state index < -0.39 is 0 Å². The molecule has 3 rings (SSSR count). The van der Waals surface area contributed by atoms with Gasteiger partial charge in [0.15, 0.2) is 0 Å². The Balaban J connectivity index is 1.56. The molecule has 0 fully saturated rings. The minimum absolute atomic E-state index is 0.370. The van der Waals surface area contributed by atoms with Crippen LogP contribution in [-0.4, -0.2) is 13.2 Å². The summed E-state index contributed by atoms with van der Waals surface area (Å²) in [6.07, 6.45) is 4.65. The van der Waals surface area contributed by atoms with Crippen molar-refractivity contribution in [3.05, 3.63) is 64.7 Å². The van der Waals surface area contributed by atoms with Crippen molar-refractivity contribution in [2.45, 2.75) is 38.5 Å². The SMILES string of the molecule is Cc1ccc(C(CN)CCOc2ccc3c(c2)CCC3)cc1. The van der Waals surface area contributed by atoms with Gasteiger partial charge in [-0.2, -0.15) is 0 Å².